The Bertz CT molecular complexity index is 752. The van der Waals surface area contributed by atoms with Gasteiger partial charge in [-0.15, -0.1) is 6.42 Å². The van der Waals surface area contributed by atoms with Crippen LogP contribution in [0.3, 0.4) is 0 Å². The van der Waals surface area contributed by atoms with Gasteiger partial charge in [-0.3, -0.25) is 9.78 Å². The van der Waals surface area contributed by atoms with Crippen LogP contribution < -0.4 is 14.9 Å². The molecule has 6 nitrogen and oxygen atoms in total. The highest BCUT2D eigenvalue weighted by molar-refractivity contribution is 5.93. The van der Waals surface area contributed by atoms with Crippen molar-refractivity contribution in [2.24, 2.45) is 5.10 Å². The number of nitrogens with zero attached hydrogens (tertiary/aromatic N) is 2. The number of hydrogen-bond acceptors (Lipinski definition) is 5. The molecule has 2 rings (SSSR count). The van der Waals surface area contributed by atoms with Gasteiger partial charge in [0, 0.05) is 6.20 Å². The van der Waals surface area contributed by atoms with E-state index in [1.165, 1.54) is 6.21 Å². The molecule has 0 spiro atoms. The highest BCUT2D eigenvalue weighted by Crippen LogP contribution is 2.27. The molecule has 0 radical (unpaired) electrons. The molecule has 0 aliphatic carbocycles. The Labute approximate surface area is 140 Å². The van der Waals surface area contributed by atoms with Crippen molar-refractivity contribution in [2.45, 2.75) is 6.92 Å². The van der Waals surface area contributed by atoms with Crippen molar-refractivity contribution in [1.29, 1.82) is 0 Å². The summed E-state index contributed by atoms with van der Waals surface area (Å²) in [4.78, 5) is 15.8. The fourth-order valence-corrected chi connectivity index (χ4v) is 1.83. The maximum atomic E-state index is 11.8. The van der Waals surface area contributed by atoms with E-state index in [0.717, 1.165) is 5.56 Å². The molecule has 1 N–H and O–H groups in total. The number of ether oxygens (including phenoxy) is 2. The molecule has 1 amide bonds. The van der Waals surface area contributed by atoms with Crippen molar-refractivity contribution in [1.82, 2.24) is 10.4 Å². The maximum absolute atomic E-state index is 11.8. The maximum Gasteiger partial charge on any atom is 0.289 e. The summed E-state index contributed by atoms with van der Waals surface area (Å²) in [7, 11) is 0. The van der Waals surface area contributed by atoms with Crippen molar-refractivity contribution in [3.8, 4) is 23.8 Å². The Balaban J connectivity index is 2.05. The Morgan fingerprint density at radius 2 is 2.21 bits per heavy atom. The van der Waals surface area contributed by atoms with E-state index in [-0.39, 0.29) is 12.5 Å². The topological polar surface area (TPSA) is 72.8 Å². The van der Waals surface area contributed by atoms with Crippen LogP contribution in [0.2, 0.25) is 0 Å². The van der Waals surface area contributed by atoms with Crippen LogP contribution in [0.5, 0.6) is 11.5 Å². The minimum Gasteiger partial charge on any atom is -0.490 e. The lowest BCUT2D eigenvalue weighted by atomic mass is 10.2. The highest BCUT2D eigenvalue weighted by atomic mass is 16.5. The molecule has 1 aromatic carbocycles. The molecule has 1 heterocycles. The summed E-state index contributed by atoms with van der Waals surface area (Å²) in [6.07, 6.45) is 8.24. The number of carbonyl (C=O) groups excluding carboxylic acids is 1. The molecule has 24 heavy (non-hydrogen) atoms. The summed E-state index contributed by atoms with van der Waals surface area (Å²) in [6.45, 7) is 2.52. The Hall–Kier alpha value is -3.33. The van der Waals surface area contributed by atoms with E-state index < -0.39 is 0 Å². The lowest BCUT2D eigenvalue weighted by Crippen LogP contribution is -2.18. The highest BCUT2D eigenvalue weighted by Gasteiger charge is 2.06. The molecular formula is C18H17N3O3. The van der Waals surface area contributed by atoms with E-state index in [2.05, 4.69) is 21.4 Å². The number of rotatable bonds is 7. The average molecular weight is 323 g/mol. The zero-order chi connectivity index (χ0) is 17.2. The van der Waals surface area contributed by atoms with Crippen LogP contribution >= 0.6 is 0 Å². The minimum absolute atomic E-state index is 0.160. The number of hydrogen-bond donors (Lipinski definition) is 1. The quantitative estimate of drug-likeness (QED) is 0.482. The van der Waals surface area contributed by atoms with Crippen molar-refractivity contribution in [3.05, 3.63) is 53.9 Å². The number of carbonyl (C=O) groups is 1. The lowest BCUT2D eigenvalue weighted by molar-refractivity contribution is 0.0950. The van der Waals surface area contributed by atoms with Gasteiger partial charge in [0.1, 0.15) is 12.3 Å². The molecule has 6 heteroatoms. The van der Waals surface area contributed by atoms with Crippen LogP contribution in [0.25, 0.3) is 0 Å². The van der Waals surface area contributed by atoms with Gasteiger partial charge in [0.25, 0.3) is 5.91 Å². The van der Waals surface area contributed by atoms with Crippen molar-refractivity contribution < 1.29 is 14.3 Å². The standard InChI is InChI=1S/C18H17N3O3/c1-3-11-24-16-9-8-14(12-17(16)23-4-2)13-20-21-18(22)15-7-5-6-10-19-15/h1,5-10,12-13H,4,11H2,2H3,(H,21,22)/b20-13-. The van der Waals surface area contributed by atoms with Crippen LogP contribution in [0.4, 0.5) is 0 Å². The van der Waals surface area contributed by atoms with Gasteiger partial charge in [0.05, 0.1) is 12.8 Å². The number of pyridine rings is 1. The minimum atomic E-state index is -0.383. The molecule has 0 saturated heterocycles. The van der Waals surface area contributed by atoms with Gasteiger partial charge in [0.15, 0.2) is 11.5 Å². The van der Waals surface area contributed by atoms with E-state index in [0.29, 0.717) is 23.8 Å². The second kappa shape index (κ2) is 8.96. The summed E-state index contributed by atoms with van der Waals surface area (Å²) in [5, 5.41) is 3.92. The number of amides is 1. The van der Waals surface area contributed by atoms with Crippen LogP contribution in [-0.2, 0) is 0 Å². The Morgan fingerprint density at radius 1 is 1.33 bits per heavy atom. The fraction of sp³-hybridized carbons (Fsp3) is 0.167. The molecule has 0 saturated carbocycles. The Kier molecular flexibility index (Phi) is 6.35. The largest absolute Gasteiger partial charge is 0.490 e. The van der Waals surface area contributed by atoms with E-state index in [1.54, 1.807) is 42.6 Å². The van der Waals surface area contributed by atoms with Crippen LogP contribution in [-0.4, -0.2) is 30.3 Å². The first kappa shape index (κ1) is 17.0. The third kappa shape index (κ3) is 4.85. The predicted molar refractivity (Wildman–Crippen MR) is 91.2 cm³/mol. The molecule has 0 aliphatic rings. The molecule has 1 aromatic heterocycles. The predicted octanol–water partition coefficient (Wildman–Crippen LogP) is 2.26. The third-order valence-electron chi connectivity index (χ3n) is 2.86. The van der Waals surface area contributed by atoms with E-state index in [1.807, 2.05) is 6.92 Å². The van der Waals surface area contributed by atoms with Crippen molar-refractivity contribution in [3.63, 3.8) is 0 Å². The monoisotopic (exact) mass is 323 g/mol. The van der Waals surface area contributed by atoms with Gasteiger partial charge in [-0.2, -0.15) is 5.10 Å². The second-order valence-electron chi connectivity index (χ2n) is 4.55. The van der Waals surface area contributed by atoms with Gasteiger partial charge < -0.3 is 9.47 Å². The average Bonchev–Trinajstić information content (AvgIpc) is 2.62. The molecule has 0 bridgehead atoms. The summed E-state index contributed by atoms with van der Waals surface area (Å²) >= 11 is 0. The normalized spacial score (nSPS) is 10.2. The Morgan fingerprint density at radius 3 is 2.92 bits per heavy atom. The van der Waals surface area contributed by atoms with Gasteiger partial charge >= 0.3 is 0 Å². The van der Waals surface area contributed by atoms with Gasteiger partial charge in [-0.05, 0) is 42.8 Å². The second-order valence-corrected chi connectivity index (χ2v) is 4.55. The van der Waals surface area contributed by atoms with Gasteiger partial charge in [0.2, 0.25) is 0 Å². The number of terminal acetylenes is 1. The molecule has 0 aliphatic heterocycles. The van der Waals surface area contributed by atoms with Crippen molar-refractivity contribution in [2.75, 3.05) is 13.2 Å². The first-order chi connectivity index (χ1) is 11.7. The van der Waals surface area contributed by atoms with Gasteiger partial charge in [-0.25, -0.2) is 5.43 Å². The molecular weight excluding hydrogens is 306 g/mol. The fourth-order valence-electron chi connectivity index (χ4n) is 1.83. The molecule has 0 atom stereocenters. The molecule has 0 fully saturated rings. The molecule has 122 valence electrons. The van der Waals surface area contributed by atoms with E-state index >= 15 is 0 Å². The first-order valence-corrected chi connectivity index (χ1v) is 7.32. The summed E-state index contributed by atoms with van der Waals surface area (Å²) < 4.78 is 10.9. The van der Waals surface area contributed by atoms with Crippen LogP contribution in [0.1, 0.15) is 23.0 Å². The zero-order valence-corrected chi connectivity index (χ0v) is 13.2. The summed E-state index contributed by atoms with van der Waals surface area (Å²) in [5.74, 6) is 3.14. The van der Waals surface area contributed by atoms with Crippen LogP contribution in [0.15, 0.2) is 47.7 Å². The summed E-state index contributed by atoms with van der Waals surface area (Å²) in [6, 6.07) is 10.4. The lowest BCUT2D eigenvalue weighted by Gasteiger charge is -2.10. The number of benzene rings is 1. The SMILES string of the molecule is C#CCOc1ccc(/C=N\NC(=O)c2ccccn2)cc1OCC. The molecule has 2 aromatic rings. The first-order valence-electron chi connectivity index (χ1n) is 7.32. The van der Waals surface area contributed by atoms with Gasteiger partial charge in [-0.1, -0.05) is 12.0 Å². The molecule has 0 unspecified atom stereocenters. The number of aromatic nitrogens is 1. The smallest absolute Gasteiger partial charge is 0.289 e. The van der Waals surface area contributed by atoms with E-state index in [9.17, 15) is 4.79 Å². The van der Waals surface area contributed by atoms with E-state index in [4.69, 9.17) is 15.9 Å². The number of hydrazone groups is 1. The van der Waals surface area contributed by atoms with Crippen LogP contribution in [0, 0.1) is 12.3 Å². The zero-order valence-electron chi connectivity index (χ0n) is 13.2. The number of nitrogens with one attached hydrogen (secondary N) is 1. The van der Waals surface area contributed by atoms with Crippen molar-refractivity contribution >= 4 is 12.1 Å². The third-order valence-corrected chi connectivity index (χ3v) is 2.86. The summed E-state index contributed by atoms with van der Waals surface area (Å²) in [5.41, 5.74) is 3.45.